The Kier molecular flexibility index (Phi) is 2.82. The van der Waals surface area contributed by atoms with Crippen molar-refractivity contribution >= 4 is 12.2 Å². The van der Waals surface area contributed by atoms with E-state index >= 15 is 0 Å². The Bertz CT molecular complexity index is 264. The molecule has 0 aromatic carbocycles. The molecule has 0 bridgehead atoms. The zero-order chi connectivity index (χ0) is 10.8. The maximum atomic E-state index is 12.1. The lowest BCUT2D eigenvalue weighted by atomic mass is 10.2. The Morgan fingerprint density at radius 2 is 2.29 bits per heavy atom. The number of ether oxygens (including phenoxy) is 2. The third kappa shape index (κ3) is 2.79. The average molecular weight is 212 g/mol. The van der Waals surface area contributed by atoms with Crippen molar-refractivity contribution in [1.29, 1.82) is 0 Å². The standard InChI is InChI=1S/C6H7F3N2O3/c7-6(8,9)3-1-2-13-5(11-3)14-4(10)12/h3H,1-2H2,(H2,10,12). The number of carbonyl (C=O) groups is 1. The predicted molar refractivity (Wildman–Crippen MR) is 38.5 cm³/mol. The van der Waals surface area contributed by atoms with Gasteiger partial charge in [-0.05, 0) is 0 Å². The van der Waals surface area contributed by atoms with Crippen LogP contribution in [-0.2, 0) is 9.47 Å². The third-order valence-electron chi connectivity index (χ3n) is 1.44. The molecule has 5 nitrogen and oxygen atoms in total. The van der Waals surface area contributed by atoms with Crippen LogP contribution < -0.4 is 5.73 Å². The highest BCUT2D eigenvalue weighted by molar-refractivity contribution is 5.82. The Morgan fingerprint density at radius 1 is 1.64 bits per heavy atom. The van der Waals surface area contributed by atoms with E-state index in [9.17, 15) is 18.0 Å². The zero-order valence-electron chi connectivity index (χ0n) is 6.87. The molecule has 0 saturated heterocycles. The first-order valence-electron chi connectivity index (χ1n) is 3.64. The molecule has 1 amide bonds. The highest BCUT2D eigenvalue weighted by Crippen LogP contribution is 2.27. The number of primary amides is 1. The molecule has 0 aliphatic carbocycles. The van der Waals surface area contributed by atoms with E-state index in [2.05, 4.69) is 20.2 Å². The van der Waals surface area contributed by atoms with E-state index in [1.807, 2.05) is 0 Å². The van der Waals surface area contributed by atoms with E-state index in [4.69, 9.17) is 0 Å². The van der Waals surface area contributed by atoms with Crippen LogP contribution in [0.3, 0.4) is 0 Å². The summed E-state index contributed by atoms with van der Waals surface area (Å²) >= 11 is 0. The van der Waals surface area contributed by atoms with Gasteiger partial charge in [0.1, 0.15) is 0 Å². The number of aliphatic imine (C=N–C) groups is 1. The molecule has 80 valence electrons. The van der Waals surface area contributed by atoms with Crippen LogP contribution in [0.2, 0.25) is 0 Å². The molecule has 14 heavy (non-hydrogen) atoms. The van der Waals surface area contributed by atoms with Crippen LogP contribution >= 0.6 is 0 Å². The summed E-state index contributed by atoms with van der Waals surface area (Å²) in [7, 11) is 0. The zero-order valence-corrected chi connectivity index (χ0v) is 6.87. The number of carbonyl (C=O) groups excluding carboxylic acids is 1. The number of alkyl halides is 3. The Hall–Kier alpha value is -1.47. The molecule has 8 heteroatoms. The van der Waals surface area contributed by atoms with Crippen molar-refractivity contribution in [3.8, 4) is 0 Å². The second kappa shape index (κ2) is 3.72. The number of nitrogens with zero attached hydrogens (tertiary/aromatic N) is 1. The molecule has 1 rings (SSSR count). The highest BCUT2D eigenvalue weighted by Gasteiger charge is 2.42. The molecular weight excluding hydrogens is 205 g/mol. The van der Waals surface area contributed by atoms with Gasteiger partial charge in [0.15, 0.2) is 6.04 Å². The molecule has 0 radical (unpaired) electrons. The lowest BCUT2D eigenvalue weighted by Gasteiger charge is -2.21. The normalized spacial score (nSPS) is 22.2. The van der Waals surface area contributed by atoms with E-state index in [1.165, 1.54) is 0 Å². The summed E-state index contributed by atoms with van der Waals surface area (Å²) in [5, 5.41) is 0. The second-order valence-electron chi connectivity index (χ2n) is 2.51. The summed E-state index contributed by atoms with van der Waals surface area (Å²) in [6.45, 7) is -0.212. The highest BCUT2D eigenvalue weighted by atomic mass is 19.4. The van der Waals surface area contributed by atoms with Gasteiger partial charge in [0, 0.05) is 6.42 Å². The monoisotopic (exact) mass is 212 g/mol. The fourth-order valence-electron chi connectivity index (χ4n) is 0.866. The van der Waals surface area contributed by atoms with Crippen molar-refractivity contribution in [2.24, 2.45) is 10.7 Å². The summed E-state index contributed by atoms with van der Waals surface area (Å²) in [6.07, 6.45) is -6.75. The second-order valence-corrected chi connectivity index (χ2v) is 2.51. The molecule has 0 fully saturated rings. The van der Waals surface area contributed by atoms with Gasteiger partial charge in [-0.2, -0.15) is 13.2 Å². The van der Waals surface area contributed by atoms with Crippen molar-refractivity contribution < 1.29 is 27.4 Å². The molecule has 1 aliphatic heterocycles. The summed E-state index contributed by atoms with van der Waals surface area (Å²) in [5.41, 5.74) is 4.57. The van der Waals surface area contributed by atoms with Crippen LogP contribution in [0.25, 0.3) is 0 Å². The molecule has 1 aliphatic rings. The van der Waals surface area contributed by atoms with Crippen molar-refractivity contribution in [2.45, 2.75) is 18.6 Å². The van der Waals surface area contributed by atoms with E-state index < -0.39 is 24.4 Å². The van der Waals surface area contributed by atoms with Gasteiger partial charge in [-0.1, -0.05) is 0 Å². The van der Waals surface area contributed by atoms with Crippen LogP contribution in [0.15, 0.2) is 4.99 Å². The minimum Gasteiger partial charge on any atom is -0.450 e. The van der Waals surface area contributed by atoms with Crippen LogP contribution in [0.5, 0.6) is 0 Å². The fraction of sp³-hybridized carbons (Fsp3) is 0.667. The lowest BCUT2D eigenvalue weighted by Crippen LogP contribution is -2.35. The largest absolute Gasteiger partial charge is 0.450 e. The Balaban J connectivity index is 2.69. The van der Waals surface area contributed by atoms with Gasteiger partial charge >= 0.3 is 18.4 Å². The van der Waals surface area contributed by atoms with E-state index in [0.29, 0.717) is 0 Å². The van der Waals surface area contributed by atoms with Crippen LogP contribution in [0.1, 0.15) is 6.42 Å². The Morgan fingerprint density at radius 3 is 2.79 bits per heavy atom. The van der Waals surface area contributed by atoms with E-state index in [-0.39, 0.29) is 13.0 Å². The topological polar surface area (TPSA) is 73.9 Å². The SMILES string of the molecule is NC(=O)OC1=NC(C(F)(F)F)CCO1. The number of rotatable bonds is 0. The fourth-order valence-corrected chi connectivity index (χ4v) is 0.866. The molecular formula is C6H7F3N2O3. The molecule has 2 N–H and O–H groups in total. The van der Waals surface area contributed by atoms with Gasteiger partial charge in [0.2, 0.25) is 0 Å². The maximum Gasteiger partial charge on any atom is 0.413 e. The van der Waals surface area contributed by atoms with Gasteiger partial charge < -0.3 is 15.2 Å². The van der Waals surface area contributed by atoms with Crippen LogP contribution in [0, 0.1) is 0 Å². The molecule has 1 unspecified atom stereocenters. The molecule has 0 aromatic heterocycles. The summed E-state index contributed by atoms with van der Waals surface area (Å²) in [4.78, 5) is 13.2. The first-order valence-corrected chi connectivity index (χ1v) is 3.64. The third-order valence-corrected chi connectivity index (χ3v) is 1.44. The van der Waals surface area contributed by atoms with Gasteiger partial charge in [0.25, 0.3) is 0 Å². The lowest BCUT2D eigenvalue weighted by molar-refractivity contribution is -0.153. The summed E-state index contributed by atoms with van der Waals surface area (Å²) in [6, 6.07) is -1.90. The summed E-state index contributed by atoms with van der Waals surface area (Å²) in [5.74, 6) is 0. The number of nitrogens with two attached hydrogens (primary N) is 1. The van der Waals surface area contributed by atoms with Crippen LogP contribution in [0.4, 0.5) is 18.0 Å². The number of halogens is 3. The van der Waals surface area contributed by atoms with Crippen molar-refractivity contribution in [3.63, 3.8) is 0 Å². The minimum absolute atomic E-state index is 0.212. The Labute approximate surface area is 76.7 Å². The van der Waals surface area contributed by atoms with E-state index in [0.717, 1.165) is 0 Å². The predicted octanol–water partition coefficient (Wildman–Crippen LogP) is 0.789. The van der Waals surface area contributed by atoms with Crippen molar-refractivity contribution in [3.05, 3.63) is 0 Å². The van der Waals surface area contributed by atoms with Crippen molar-refractivity contribution in [1.82, 2.24) is 0 Å². The molecule has 1 heterocycles. The maximum absolute atomic E-state index is 12.1. The molecule has 1 atom stereocenters. The number of hydrogen-bond acceptors (Lipinski definition) is 4. The van der Waals surface area contributed by atoms with Crippen molar-refractivity contribution in [2.75, 3.05) is 6.61 Å². The number of amides is 1. The first kappa shape index (κ1) is 10.6. The minimum atomic E-state index is -4.46. The smallest absolute Gasteiger partial charge is 0.413 e. The van der Waals surface area contributed by atoms with Gasteiger partial charge in [-0.15, -0.1) is 0 Å². The van der Waals surface area contributed by atoms with Gasteiger partial charge in [0.05, 0.1) is 6.61 Å². The molecule has 0 aromatic rings. The van der Waals surface area contributed by atoms with Gasteiger partial charge in [-0.25, -0.2) is 9.79 Å². The molecule has 0 saturated carbocycles. The molecule has 0 spiro atoms. The first-order chi connectivity index (χ1) is 6.39. The quantitative estimate of drug-likeness (QED) is 0.645. The van der Waals surface area contributed by atoms with Gasteiger partial charge in [-0.3, -0.25) is 0 Å². The summed E-state index contributed by atoms with van der Waals surface area (Å²) < 4.78 is 45.0. The van der Waals surface area contributed by atoms with Crippen LogP contribution in [-0.4, -0.2) is 31.0 Å². The van der Waals surface area contributed by atoms with E-state index in [1.54, 1.807) is 0 Å². The number of hydrogen-bond donors (Lipinski definition) is 1. The average Bonchev–Trinajstić information content (AvgIpc) is 2.01.